The minimum atomic E-state index is -0.747. The fourth-order valence-electron chi connectivity index (χ4n) is 2.34. The summed E-state index contributed by atoms with van der Waals surface area (Å²) in [4.78, 5) is 37.4. The monoisotopic (exact) mass is 313 g/mol. The predicted molar refractivity (Wildman–Crippen MR) is 75.0 cm³/mol. The van der Waals surface area contributed by atoms with Crippen LogP contribution in [0.15, 0.2) is 14.4 Å². The largest absolute Gasteiger partial charge is 0.371 e. The van der Waals surface area contributed by atoms with E-state index in [9.17, 15) is 14.4 Å². The minimum Gasteiger partial charge on any atom is -0.371 e. The number of ether oxygens (including phenoxy) is 3. The van der Waals surface area contributed by atoms with Crippen molar-refractivity contribution in [3.05, 3.63) is 31.5 Å². The number of nitrogens with zero attached hydrogens (tertiary/aromatic N) is 3. The van der Waals surface area contributed by atoms with Crippen LogP contribution in [0.25, 0.3) is 0 Å². The fourth-order valence-corrected chi connectivity index (χ4v) is 2.34. The highest BCUT2D eigenvalue weighted by molar-refractivity contribution is 4.85. The highest BCUT2D eigenvalue weighted by Gasteiger charge is 2.30. The lowest BCUT2D eigenvalue weighted by Crippen LogP contribution is -2.56. The second-order valence-corrected chi connectivity index (χ2v) is 5.40. The number of aromatic nitrogens is 3. The van der Waals surface area contributed by atoms with Crippen molar-refractivity contribution in [1.29, 1.82) is 0 Å². The average molecular weight is 313 g/mol. The second-order valence-electron chi connectivity index (χ2n) is 5.40. The van der Waals surface area contributed by atoms with Crippen molar-refractivity contribution in [2.24, 2.45) is 0 Å². The van der Waals surface area contributed by atoms with Crippen LogP contribution in [0.3, 0.4) is 0 Å². The zero-order chi connectivity index (χ0) is 15.9. The van der Waals surface area contributed by atoms with E-state index in [4.69, 9.17) is 14.2 Å². The summed E-state index contributed by atoms with van der Waals surface area (Å²) in [5.41, 5.74) is -1.96. The van der Waals surface area contributed by atoms with Crippen LogP contribution in [0, 0.1) is 0 Å². The van der Waals surface area contributed by atoms with E-state index in [-0.39, 0.29) is 25.3 Å². The average Bonchev–Trinajstić information content (AvgIpc) is 3.35. The Balaban J connectivity index is 2.11. The van der Waals surface area contributed by atoms with Crippen molar-refractivity contribution in [3.8, 4) is 0 Å². The van der Waals surface area contributed by atoms with Gasteiger partial charge in [-0.3, -0.25) is 0 Å². The standard InChI is InChI=1S/C13H19N3O6/c1-3-20-8(2)16-12(18)14(4-9-6-21-9)11(17)15(13(16)19)5-10-7-22-10/h8-10H,3-7H2,1-2H3. The lowest BCUT2D eigenvalue weighted by Gasteiger charge is -2.17. The molecule has 0 amide bonds. The van der Waals surface area contributed by atoms with Gasteiger partial charge in [-0.15, -0.1) is 0 Å². The first kappa shape index (κ1) is 15.2. The molecule has 22 heavy (non-hydrogen) atoms. The third-order valence-electron chi connectivity index (χ3n) is 3.68. The van der Waals surface area contributed by atoms with E-state index in [2.05, 4.69) is 0 Å². The minimum absolute atomic E-state index is 0.141. The Morgan fingerprint density at radius 1 is 1.05 bits per heavy atom. The molecule has 1 aromatic rings. The normalized spacial score (nSPS) is 24.3. The van der Waals surface area contributed by atoms with Gasteiger partial charge in [0, 0.05) is 6.61 Å². The summed E-state index contributed by atoms with van der Waals surface area (Å²) in [6.45, 7) is 5.03. The first-order chi connectivity index (χ1) is 10.5. The molecule has 0 aliphatic carbocycles. The first-order valence-corrected chi connectivity index (χ1v) is 7.34. The molecule has 3 heterocycles. The van der Waals surface area contributed by atoms with Crippen LogP contribution in [-0.4, -0.2) is 45.7 Å². The van der Waals surface area contributed by atoms with E-state index in [1.165, 1.54) is 0 Å². The lowest BCUT2D eigenvalue weighted by molar-refractivity contribution is 0.0150. The number of rotatable bonds is 7. The Hall–Kier alpha value is -1.71. The number of hydrogen-bond donors (Lipinski definition) is 0. The summed E-state index contributed by atoms with van der Waals surface area (Å²) in [5, 5.41) is 0. The molecule has 0 bridgehead atoms. The molecule has 0 radical (unpaired) electrons. The van der Waals surface area contributed by atoms with Crippen LogP contribution in [0.2, 0.25) is 0 Å². The Morgan fingerprint density at radius 3 is 1.86 bits per heavy atom. The Labute approximate surface area is 125 Å². The summed E-state index contributed by atoms with van der Waals surface area (Å²) in [6, 6.07) is 0. The molecular weight excluding hydrogens is 294 g/mol. The van der Waals surface area contributed by atoms with Crippen LogP contribution >= 0.6 is 0 Å². The summed E-state index contributed by atoms with van der Waals surface area (Å²) < 4.78 is 18.6. The molecule has 3 atom stereocenters. The molecule has 3 unspecified atom stereocenters. The summed E-state index contributed by atoms with van der Waals surface area (Å²) in [7, 11) is 0. The summed E-state index contributed by atoms with van der Waals surface area (Å²) >= 11 is 0. The summed E-state index contributed by atoms with van der Waals surface area (Å²) in [6.07, 6.45) is -1.04. The van der Waals surface area contributed by atoms with Gasteiger partial charge in [0.15, 0.2) is 0 Å². The van der Waals surface area contributed by atoms with Gasteiger partial charge in [-0.25, -0.2) is 28.1 Å². The quantitative estimate of drug-likeness (QED) is 0.569. The van der Waals surface area contributed by atoms with E-state index in [1.807, 2.05) is 0 Å². The molecule has 0 saturated carbocycles. The van der Waals surface area contributed by atoms with Gasteiger partial charge in [-0.05, 0) is 13.8 Å². The van der Waals surface area contributed by atoms with Crippen LogP contribution in [0.1, 0.15) is 20.1 Å². The van der Waals surface area contributed by atoms with Crippen LogP contribution < -0.4 is 17.1 Å². The molecule has 2 aliphatic rings. The van der Waals surface area contributed by atoms with Crippen molar-refractivity contribution in [2.45, 2.75) is 45.4 Å². The second kappa shape index (κ2) is 5.82. The molecule has 9 nitrogen and oxygen atoms in total. The molecule has 0 aromatic carbocycles. The van der Waals surface area contributed by atoms with Gasteiger partial charge in [0.25, 0.3) is 0 Å². The van der Waals surface area contributed by atoms with Crippen molar-refractivity contribution >= 4 is 0 Å². The number of hydrogen-bond acceptors (Lipinski definition) is 6. The zero-order valence-corrected chi connectivity index (χ0v) is 12.6. The van der Waals surface area contributed by atoms with Crippen molar-refractivity contribution in [3.63, 3.8) is 0 Å². The molecule has 122 valence electrons. The van der Waals surface area contributed by atoms with Crippen molar-refractivity contribution < 1.29 is 14.2 Å². The van der Waals surface area contributed by atoms with Crippen LogP contribution in [0.4, 0.5) is 0 Å². The van der Waals surface area contributed by atoms with E-state index < -0.39 is 23.3 Å². The SMILES string of the molecule is CCOC(C)n1c(=O)n(CC2CO2)c(=O)n(CC2CO2)c1=O. The molecule has 1 aromatic heterocycles. The third-order valence-corrected chi connectivity index (χ3v) is 3.68. The van der Waals surface area contributed by atoms with Crippen molar-refractivity contribution in [1.82, 2.24) is 13.7 Å². The van der Waals surface area contributed by atoms with Gasteiger partial charge in [0.05, 0.1) is 38.5 Å². The Kier molecular flexibility index (Phi) is 4.02. The van der Waals surface area contributed by atoms with Crippen LogP contribution in [-0.2, 0) is 27.3 Å². The first-order valence-electron chi connectivity index (χ1n) is 7.34. The van der Waals surface area contributed by atoms with Gasteiger partial charge in [-0.1, -0.05) is 0 Å². The maximum Gasteiger partial charge on any atom is 0.338 e. The molecule has 3 rings (SSSR count). The Bertz CT molecular complexity index is 673. The summed E-state index contributed by atoms with van der Waals surface area (Å²) in [5.74, 6) is 0. The molecule has 0 spiro atoms. The molecule has 0 N–H and O–H groups in total. The lowest BCUT2D eigenvalue weighted by atomic mass is 10.4. The molecule has 2 aliphatic heterocycles. The maximum absolute atomic E-state index is 12.5. The van der Waals surface area contributed by atoms with E-state index >= 15 is 0 Å². The van der Waals surface area contributed by atoms with Gasteiger partial charge < -0.3 is 14.2 Å². The van der Waals surface area contributed by atoms with Gasteiger partial charge in [0.2, 0.25) is 0 Å². The molecule has 2 saturated heterocycles. The van der Waals surface area contributed by atoms with Gasteiger partial charge >= 0.3 is 17.1 Å². The molecular formula is C13H19N3O6. The smallest absolute Gasteiger partial charge is 0.338 e. The molecule has 2 fully saturated rings. The zero-order valence-electron chi connectivity index (χ0n) is 12.6. The van der Waals surface area contributed by atoms with E-state index in [0.29, 0.717) is 19.8 Å². The molecule has 9 heteroatoms. The van der Waals surface area contributed by atoms with Crippen molar-refractivity contribution in [2.75, 3.05) is 19.8 Å². The topological polar surface area (TPSA) is 100 Å². The highest BCUT2D eigenvalue weighted by atomic mass is 16.6. The maximum atomic E-state index is 12.5. The highest BCUT2D eigenvalue weighted by Crippen LogP contribution is 2.11. The van der Waals surface area contributed by atoms with E-state index in [0.717, 1.165) is 13.7 Å². The van der Waals surface area contributed by atoms with E-state index in [1.54, 1.807) is 13.8 Å². The Morgan fingerprint density at radius 2 is 1.50 bits per heavy atom. The van der Waals surface area contributed by atoms with Crippen LogP contribution in [0.5, 0.6) is 0 Å². The third kappa shape index (κ3) is 2.92. The van der Waals surface area contributed by atoms with Gasteiger partial charge in [0.1, 0.15) is 6.23 Å². The predicted octanol–water partition coefficient (Wildman–Crippen LogP) is -1.48. The fraction of sp³-hybridized carbons (Fsp3) is 0.769. The van der Waals surface area contributed by atoms with Gasteiger partial charge in [-0.2, -0.15) is 0 Å². The number of epoxide rings is 2.